The molecule has 206 valence electrons. The summed E-state index contributed by atoms with van der Waals surface area (Å²) >= 11 is 0. The molecule has 0 bridgehead atoms. The van der Waals surface area contributed by atoms with Gasteiger partial charge in [-0.15, -0.1) is 0 Å². The summed E-state index contributed by atoms with van der Waals surface area (Å²) < 4.78 is 22.6. The summed E-state index contributed by atoms with van der Waals surface area (Å²) in [7, 11) is 0. The fraction of sp³-hybridized carbons (Fsp3) is 0.828. The lowest BCUT2D eigenvalue weighted by molar-refractivity contribution is -0.226. The molecule has 1 aliphatic heterocycles. The maximum absolute atomic E-state index is 17.2. The Labute approximate surface area is 218 Å². The second-order valence-corrected chi connectivity index (χ2v) is 13.9. The summed E-state index contributed by atoms with van der Waals surface area (Å²) in [6.07, 6.45) is 2.57. The minimum atomic E-state index is -1.89. The summed E-state index contributed by atoms with van der Waals surface area (Å²) in [4.78, 5) is 39.5. The highest BCUT2D eigenvalue weighted by Crippen LogP contribution is 2.70. The maximum atomic E-state index is 17.2. The monoisotopic (exact) mass is 519 g/mol. The molecule has 1 saturated heterocycles. The zero-order chi connectivity index (χ0) is 27.2. The molecule has 1 heterocycles. The van der Waals surface area contributed by atoms with Crippen molar-refractivity contribution in [2.24, 2.45) is 28.6 Å². The number of aliphatic hydroxyl groups excluding tert-OH is 1. The Bertz CT molecular complexity index is 1050. The largest absolute Gasteiger partial charge is 0.444 e. The number of Topliss-reactive ketones (excluding diaryl/α,β-unsaturated/α-hetero) is 1. The normalized spacial score (nSPS) is 43.8. The third-order valence-electron chi connectivity index (χ3n) is 10.7. The number of fused-ring (bicyclic) bond motifs is 5. The van der Waals surface area contributed by atoms with Gasteiger partial charge in [0.1, 0.15) is 16.9 Å². The van der Waals surface area contributed by atoms with E-state index in [1.54, 1.807) is 31.7 Å². The van der Waals surface area contributed by atoms with Crippen LogP contribution in [0.4, 0.5) is 9.18 Å². The number of rotatable bonds is 3. The fourth-order valence-corrected chi connectivity index (χ4v) is 8.64. The van der Waals surface area contributed by atoms with Crippen LogP contribution < -0.4 is 0 Å². The van der Waals surface area contributed by atoms with Gasteiger partial charge in [-0.2, -0.15) is 0 Å². The van der Waals surface area contributed by atoms with Crippen LogP contribution >= 0.6 is 0 Å². The lowest BCUT2D eigenvalue weighted by Crippen LogP contribution is -2.69. The quantitative estimate of drug-likeness (QED) is 0.581. The van der Waals surface area contributed by atoms with E-state index >= 15 is 4.39 Å². The highest BCUT2D eigenvalue weighted by molar-refractivity contribution is 5.92. The zero-order valence-corrected chi connectivity index (χ0v) is 22.8. The van der Waals surface area contributed by atoms with Crippen molar-refractivity contribution in [3.05, 3.63) is 11.6 Å². The predicted octanol–water partition coefficient (Wildman–Crippen LogP) is 4.14. The first-order valence-corrected chi connectivity index (χ1v) is 13.9. The number of ketones is 2. The molecule has 0 aromatic heterocycles. The molecule has 3 saturated carbocycles. The molecular formula is C29H42FNO6. The van der Waals surface area contributed by atoms with Crippen LogP contribution in [0, 0.1) is 28.6 Å². The van der Waals surface area contributed by atoms with Gasteiger partial charge in [-0.1, -0.05) is 19.4 Å². The predicted molar refractivity (Wildman–Crippen MR) is 134 cm³/mol. The number of carbonyl (C=O) groups is 3. The van der Waals surface area contributed by atoms with Crippen molar-refractivity contribution in [1.82, 2.24) is 4.90 Å². The highest BCUT2D eigenvalue weighted by atomic mass is 19.1. The average molecular weight is 520 g/mol. The summed E-state index contributed by atoms with van der Waals surface area (Å²) in [6.45, 7) is 9.94. The SMILES string of the molecule is CC(C)(C)OC(=O)N1CC(CC(=O)[C@@]2(O)CCC3[C@@H]4CCC5=CC(=O)CC[C@]5(C)[C@@]4(F)[C@@H](O)C[C@@]32C)C1. The molecular weight excluding hydrogens is 477 g/mol. The topological polar surface area (TPSA) is 104 Å². The molecule has 0 spiro atoms. The average Bonchev–Trinajstić information content (AvgIpc) is 3.02. The van der Waals surface area contributed by atoms with E-state index in [2.05, 4.69) is 0 Å². The Kier molecular flexibility index (Phi) is 6.04. The van der Waals surface area contributed by atoms with Crippen molar-refractivity contribution < 1.29 is 33.7 Å². The Hall–Kier alpha value is -1.80. The molecule has 5 aliphatic rings. The smallest absolute Gasteiger partial charge is 0.410 e. The number of amides is 1. The van der Waals surface area contributed by atoms with Gasteiger partial charge in [0.25, 0.3) is 0 Å². The summed E-state index contributed by atoms with van der Waals surface area (Å²) in [5, 5.41) is 23.3. The molecule has 0 aromatic rings. The van der Waals surface area contributed by atoms with Gasteiger partial charge in [0.05, 0.1) is 6.10 Å². The molecule has 7 nitrogen and oxygen atoms in total. The molecule has 8 heteroatoms. The van der Waals surface area contributed by atoms with Crippen LogP contribution in [-0.4, -0.2) is 68.8 Å². The number of aliphatic hydroxyl groups is 2. The van der Waals surface area contributed by atoms with E-state index in [-0.39, 0.29) is 49.1 Å². The minimum Gasteiger partial charge on any atom is -0.444 e. The second-order valence-electron chi connectivity index (χ2n) is 13.9. The molecule has 1 unspecified atom stereocenters. The van der Waals surface area contributed by atoms with Crippen LogP contribution in [0.25, 0.3) is 0 Å². The number of nitrogens with zero attached hydrogens (tertiary/aromatic N) is 1. The van der Waals surface area contributed by atoms with Crippen LogP contribution in [-0.2, 0) is 14.3 Å². The number of allylic oxidation sites excluding steroid dienone is 1. The van der Waals surface area contributed by atoms with Crippen molar-refractivity contribution in [1.29, 1.82) is 0 Å². The lowest BCUT2D eigenvalue weighted by atomic mass is 9.43. The number of likely N-dealkylation sites (tertiary alicyclic amines) is 1. The van der Waals surface area contributed by atoms with E-state index in [1.807, 2.05) is 13.8 Å². The first kappa shape index (κ1) is 26.8. The third-order valence-corrected chi connectivity index (χ3v) is 10.7. The Morgan fingerprint density at radius 3 is 2.46 bits per heavy atom. The molecule has 5 rings (SSSR count). The number of hydrogen-bond acceptors (Lipinski definition) is 6. The minimum absolute atomic E-state index is 0.0123. The van der Waals surface area contributed by atoms with Crippen LogP contribution in [0.1, 0.15) is 86.0 Å². The first-order valence-electron chi connectivity index (χ1n) is 13.9. The Balaban J connectivity index is 1.32. The number of alkyl halides is 1. The summed E-state index contributed by atoms with van der Waals surface area (Å²) in [5.41, 5.74) is -5.15. The Morgan fingerprint density at radius 2 is 1.81 bits per heavy atom. The number of hydrogen-bond donors (Lipinski definition) is 2. The fourth-order valence-electron chi connectivity index (χ4n) is 8.64. The van der Waals surface area contributed by atoms with Crippen LogP contribution in [0.3, 0.4) is 0 Å². The standard InChI is InChI=1S/C29H42FNO6/c1-25(2,3)37-24(35)31-15-17(16-31)12-22(33)28(36)11-9-20-21-7-6-18-13-19(32)8-10-26(18,4)29(21,30)23(34)14-27(20,28)5/h13,17,20-21,23,34,36H,6-12,14-16H2,1-5H3/t20?,21-,23-,26-,27-,28-,29-/m0/s1. The zero-order valence-electron chi connectivity index (χ0n) is 22.8. The van der Waals surface area contributed by atoms with Gasteiger partial charge in [0.15, 0.2) is 11.6 Å². The van der Waals surface area contributed by atoms with E-state index < -0.39 is 45.8 Å². The van der Waals surface area contributed by atoms with Gasteiger partial charge in [0.2, 0.25) is 0 Å². The van der Waals surface area contributed by atoms with Crippen molar-refractivity contribution in [3.8, 4) is 0 Å². The van der Waals surface area contributed by atoms with Crippen molar-refractivity contribution in [3.63, 3.8) is 0 Å². The third kappa shape index (κ3) is 3.75. The second kappa shape index (κ2) is 8.35. The van der Waals surface area contributed by atoms with Crippen LogP contribution in [0.5, 0.6) is 0 Å². The summed E-state index contributed by atoms with van der Waals surface area (Å²) in [6, 6.07) is 0. The van der Waals surface area contributed by atoms with Gasteiger partial charge in [-0.25, -0.2) is 9.18 Å². The van der Waals surface area contributed by atoms with Gasteiger partial charge < -0.3 is 19.8 Å². The van der Waals surface area contributed by atoms with E-state index in [0.717, 1.165) is 5.57 Å². The molecule has 0 aromatic carbocycles. The van der Waals surface area contributed by atoms with Crippen LogP contribution in [0.15, 0.2) is 11.6 Å². The Morgan fingerprint density at radius 1 is 1.14 bits per heavy atom. The van der Waals surface area contributed by atoms with Gasteiger partial charge in [-0.3, -0.25) is 9.59 Å². The van der Waals surface area contributed by atoms with Crippen molar-refractivity contribution >= 4 is 17.7 Å². The van der Waals surface area contributed by atoms with Crippen molar-refractivity contribution in [2.75, 3.05) is 13.1 Å². The molecule has 4 aliphatic carbocycles. The van der Waals surface area contributed by atoms with Gasteiger partial charge in [-0.05, 0) is 71.3 Å². The molecule has 1 amide bonds. The lowest BCUT2D eigenvalue weighted by Gasteiger charge is -2.63. The summed E-state index contributed by atoms with van der Waals surface area (Å²) in [5.74, 6) is -1.01. The van der Waals surface area contributed by atoms with Crippen molar-refractivity contribution in [2.45, 2.75) is 109 Å². The van der Waals surface area contributed by atoms with Gasteiger partial charge >= 0.3 is 6.09 Å². The molecule has 0 radical (unpaired) electrons. The van der Waals surface area contributed by atoms with E-state index in [1.165, 1.54) is 0 Å². The molecule has 37 heavy (non-hydrogen) atoms. The maximum Gasteiger partial charge on any atom is 0.410 e. The number of halogens is 1. The first-order chi connectivity index (χ1) is 17.0. The number of carbonyl (C=O) groups excluding carboxylic acids is 3. The van der Waals surface area contributed by atoms with E-state index in [0.29, 0.717) is 38.8 Å². The highest BCUT2D eigenvalue weighted by Gasteiger charge is 2.74. The molecule has 2 N–H and O–H groups in total. The molecule has 7 atom stereocenters. The van der Waals surface area contributed by atoms with Crippen LogP contribution in [0.2, 0.25) is 0 Å². The van der Waals surface area contributed by atoms with E-state index in [9.17, 15) is 24.6 Å². The van der Waals surface area contributed by atoms with Gasteiger partial charge in [0, 0.05) is 48.6 Å². The van der Waals surface area contributed by atoms with E-state index in [4.69, 9.17) is 4.74 Å². The molecule has 4 fully saturated rings. The number of ether oxygens (including phenoxy) is 1.